The summed E-state index contributed by atoms with van der Waals surface area (Å²) in [7, 11) is 0. The summed E-state index contributed by atoms with van der Waals surface area (Å²) < 4.78 is 28.3. The van der Waals surface area contributed by atoms with Crippen LogP contribution in [0.1, 0.15) is 54.9 Å². The van der Waals surface area contributed by atoms with Crippen molar-refractivity contribution >= 4 is 29.5 Å². The number of carbonyl (C=O) groups is 1. The van der Waals surface area contributed by atoms with Crippen LogP contribution in [0.25, 0.3) is 11.1 Å². The molecule has 3 rings (SSSR count). The summed E-state index contributed by atoms with van der Waals surface area (Å²) in [5, 5.41) is 0.262. The molecule has 0 unspecified atom stereocenters. The van der Waals surface area contributed by atoms with Gasteiger partial charge in [0.2, 0.25) is 0 Å². The van der Waals surface area contributed by atoms with Gasteiger partial charge in [-0.2, -0.15) is 4.83 Å². The highest BCUT2D eigenvalue weighted by Crippen LogP contribution is 2.30. The first kappa shape index (κ1) is 21.1. The normalized spacial score (nSPS) is 14.9. The summed E-state index contributed by atoms with van der Waals surface area (Å²) in [6.07, 6.45) is 6.49. The van der Waals surface area contributed by atoms with Crippen LogP contribution in [0, 0.1) is 11.6 Å². The van der Waals surface area contributed by atoms with Gasteiger partial charge in [-0.05, 0) is 60.2 Å². The van der Waals surface area contributed by atoms with Crippen LogP contribution in [0.3, 0.4) is 0 Å². The van der Waals surface area contributed by atoms with E-state index in [1.165, 1.54) is 55.5 Å². The number of benzene rings is 2. The molecule has 1 fully saturated rings. The quantitative estimate of drug-likeness (QED) is 0.437. The van der Waals surface area contributed by atoms with E-state index < -0.39 is 11.7 Å². The largest absolute Gasteiger partial charge is 0.277 e. The molecule has 28 heavy (non-hydrogen) atoms. The molecular formula is C21H23ClF2N2OS. The number of aryl methyl sites for hydroxylation is 1. The van der Waals surface area contributed by atoms with Crippen LogP contribution < -0.4 is 10.3 Å². The van der Waals surface area contributed by atoms with E-state index in [0.717, 1.165) is 18.4 Å². The minimum absolute atomic E-state index is 0.176. The molecule has 1 saturated carbocycles. The minimum atomic E-state index is -0.792. The number of halogens is 3. The maximum absolute atomic E-state index is 14.5. The van der Waals surface area contributed by atoms with Crippen LogP contribution >= 0.6 is 23.5 Å². The smallest absolute Gasteiger partial charge is 0.269 e. The SMILES string of the molecule is CCc1cc(F)cc(-c2cc(Cl)c(F)c(C(=O)NNSC3CCCCC3)c2)c1. The van der Waals surface area contributed by atoms with Gasteiger partial charge in [0.25, 0.3) is 5.91 Å². The Balaban J connectivity index is 1.77. The monoisotopic (exact) mass is 424 g/mol. The van der Waals surface area contributed by atoms with Crippen molar-refractivity contribution in [3.63, 3.8) is 0 Å². The summed E-state index contributed by atoms with van der Waals surface area (Å²) in [6.45, 7) is 1.92. The highest BCUT2D eigenvalue weighted by molar-refractivity contribution is 7.98. The van der Waals surface area contributed by atoms with E-state index in [2.05, 4.69) is 10.3 Å². The minimum Gasteiger partial charge on any atom is -0.277 e. The van der Waals surface area contributed by atoms with Crippen molar-refractivity contribution in [2.75, 3.05) is 0 Å². The number of rotatable bonds is 6. The molecule has 150 valence electrons. The van der Waals surface area contributed by atoms with Gasteiger partial charge in [0.1, 0.15) is 5.82 Å². The molecule has 2 aromatic carbocycles. The van der Waals surface area contributed by atoms with Crippen LogP contribution in [0.15, 0.2) is 30.3 Å². The maximum atomic E-state index is 14.5. The number of amides is 1. The van der Waals surface area contributed by atoms with E-state index in [-0.39, 0.29) is 16.4 Å². The van der Waals surface area contributed by atoms with Crippen molar-refractivity contribution in [2.24, 2.45) is 0 Å². The molecular weight excluding hydrogens is 402 g/mol. The lowest BCUT2D eigenvalue weighted by atomic mass is 9.99. The summed E-state index contributed by atoms with van der Waals surface area (Å²) in [5.41, 5.74) is 4.21. The zero-order valence-corrected chi connectivity index (χ0v) is 17.2. The molecule has 0 radical (unpaired) electrons. The second-order valence-electron chi connectivity index (χ2n) is 6.96. The Morgan fingerprint density at radius 2 is 1.82 bits per heavy atom. The molecule has 0 spiro atoms. The lowest BCUT2D eigenvalue weighted by Gasteiger charge is -2.21. The Morgan fingerprint density at radius 3 is 2.54 bits per heavy atom. The Bertz CT molecular complexity index is 857. The fourth-order valence-corrected chi connectivity index (χ4v) is 4.46. The van der Waals surface area contributed by atoms with Crippen molar-refractivity contribution in [1.82, 2.24) is 10.3 Å². The van der Waals surface area contributed by atoms with Crippen LogP contribution in [-0.4, -0.2) is 11.2 Å². The molecule has 0 bridgehead atoms. The van der Waals surface area contributed by atoms with Gasteiger partial charge in [-0.1, -0.05) is 55.8 Å². The Morgan fingerprint density at radius 1 is 1.11 bits per heavy atom. The number of hydrazine groups is 1. The van der Waals surface area contributed by atoms with Gasteiger partial charge in [-0.3, -0.25) is 10.2 Å². The van der Waals surface area contributed by atoms with Crippen LogP contribution in [-0.2, 0) is 6.42 Å². The fraction of sp³-hybridized carbons (Fsp3) is 0.381. The van der Waals surface area contributed by atoms with E-state index in [0.29, 0.717) is 22.8 Å². The number of hydrogen-bond donors (Lipinski definition) is 2. The average Bonchev–Trinajstić information content (AvgIpc) is 2.70. The lowest BCUT2D eigenvalue weighted by Crippen LogP contribution is -2.35. The van der Waals surface area contributed by atoms with Crippen molar-refractivity contribution in [2.45, 2.75) is 50.7 Å². The topological polar surface area (TPSA) is 41.1 Å². The summed E-state index contributed by atoms with van der Waals surface area (Å²) >= 11 is 7.46. The van der Waals surface area contributed by atoms with Gasteiger partial charge in [0.05, 0.1) is 10.6 Å². The Hall–Kier alpha value is -1.63. The molecule has 3 nitrogen and oxygen atoms in total. The van der Waals surface area contributed by atoms with Gasteiger partial charge < -0.3 is 0 Å². The standard InChI is InChI=1S/C21H23ClF2N2OS/c1-2-13-8-14(10-16(23)9-13)15-11-18(20(24)19(22)12-15)21(27)25-26-28-17-6-4-3-5-7-17/h8-12,17,26H,2-7H2,1H3,(H,25,27). The molecule has 0 heterocycles. The summed E-state index contributed by atoms with van der Waals surface area (Å²) in [6, 6.07) is 7.42. The highest BCUT2D eigenvalue weighted by atomic mass is 35.5. The van der Waals surface area contributed by atoms with Gasteiger partial charge in [0.15, 0.2) is 5.82 Å². The maximum Gasteiger partial charge on any atom is 0.269 e. The third-order valence-corrected chi connectivity index (χ3v) is 6.21. The number of nitrogens with one attached hydrogen (secondary N) is 2. The number of carbonyl (C=O) groups excluding carboxylic acids is 1. The Labute approximate surface area is 173 Å². The van der Waals surface area contributed by atoms with Crippen molar-refractivity contribution in [3.8, 4) is 11.1 Å². The zero-order valence-electron chi connectivity index (χ0n) is 15.7. The lowest BCUT2D eigenvalue weighted by molar-refractivity contribution is 0.0943. The first-order valence-corrected chi connectivity index (χ1v) is 10.7. The van der Waals surface area contributed by atoms with Crippen LogP contribution in [0.4, 0.5) is 8.78 Å². The van der Waals surface area contributed by atoms with E-state index in [4.69, 9.17) is 11.6 Å². The molecule has 0 saturated heterocycles. The van der Waals surface area contributed by atoms with Gasteiger partial charge in [-0.25, -0.2) is 8.78 Å². The molecule has 0 atom stereocenters. The molecule has 1 amide bonds. The molecule has 1 aliphatic carbocycles. The summed E-state index contributed by atoms with van der Waals surface area (Å²) in [5.74, 6) is -1.79. The Kier molecular flexibility index (Phi) is 7.32. The first-order valence-electron chi connectivity index (χ1n) is 9.47. The van der Waals surface area contributed by atoms with E-state index in [1.54, 1.807) is 0 Å². The van der Waals surface area contributed by atoms with Crippen molar-refractivity contribution in [1.29, 1.82) is 0 Å². The third kappa shape index (κ3) is 5.25. The van der Waals surface area contributed by atoms with Crippen LogP contribution in [0.2, 0.25) is 5.02 Å². The highest BCUT2D eigenvalue weighted by Gasteiger charge is 2.19. The van der Waals surface area contributed by atoms with Crippen molar-refractivity contribution in [3.05, 3.63) is 58.1 Å². The van der Waals surface area contributed by atoms with E-state index >= 15 is 0 Å². The second kappa shape index (κ2) is 9.72. The molecule has 2 aromatic rings. The first-order chi connectivity index (χ1) is 13.5. The van der Waals surface area contributed by atoms with E-state index in [9.17, 15) is 13.6 Å². The molecule has 7 heteroatoms. The predicted octanol–water partition coefficient (Wildman–Crippen LogP) is 6.06. The van der Waals surface area contributed by atoms with Crippen molar-refractivity contribution < 1.29 is 13.6 Å². The number of hydrogen-bond acceptors (Lipinski definition) is 3. The van der Waals surface area contributed by atoms with Gasteiger partial charge >= 0.3 is 0 Å². The predicted molar refractivity (Wildman–Crippen MR) is 111 cm³/mol. The summed E-state index contributed by atoms with van der Waals surface area (Å²) in [4.78, 5) is 15.3. The fourth-order valence-electron chi connectivity index (χ4n) is 3.35. The van der Waals surface area contributed by atoms with Gasteiger partial charge in [-0.15, -0.1) is 0 Å². The second-order valence-corrected chi connectivity index (χ2v) is 8.47. The molecule has 1 aliphatic rings. The zero-order chi connectivity index (χ0) is 20.1. The molecule has 0 aliphatic heterocycles. The third-order valence-electron chi connectivity index (χ3n) is 4.91. The van der Waals surface area contributed by atoms with E-state index in [1.807, 2.05) is 13.0 Å². The van der Waals surface area contributed by atoms with Gasteiger partial charge in [0, 0.05) is 5.25 Å². The molecule has 2 N–H and O–H groups in total. The molecule has 0 aromatic heterocycles. The van der Waals surface area contributed by atoms with Crippen LogP contribution in [0.5, 0.6) is 0 Å². The average molecular weight is 425 g/mol.